The minimum atomic E-state index is -1.79. The van der Waals surface area contributed by atoms with E-state index in [1.165, 1.54) is 14.0 Å². The molecule has 376 valence electrons. The number of likely N-dealkylation sites (N-methyl/N-ethyl adjacent to an activating group) is 1. The molecular weight excluding hydrogens is 941 g/mol. The van der Waals surface area contributed by atoms with Crippen LogP contribution in [0, 0.1) is 17.8 Å². The normalized spacial score (nSPS) is 15.3. The Kier molecular flexibility index (Phi) is 24.2. The number of benzene rings is 3. The number of carbonyl (C=O) groups excluding carboxylic acids is 8. The summed E-state index contributed by atoms with van der Waals surface area (Å²) in [4.78, 5) is 113. The van der Waals surface area contributed by atoms with Gasteiger partial charge in [0.05, 0.1) is 12.0 Å². The number of aryl methyl sites for hydroxylation is 2. The van der Waals surface area contributed by atoms with E-state index in [4.69, 9.17) is 0 Å². The van der Waals surface area contributed by atoms with Gasteiger partial charge in [-0.3, -0.25) is 28.8 Å². The van der Waals surface area contributed by atoms with Gasteiger partial charge in [0.15, 0.2) is 0 Å². The van der Waals surface area contributed by atoms with Crippen LogP contribution < -0.4 is 95.9 Å². The zero-order valence-electron chi connectivity index (χ0n) is 43.3. The monoisotopic (exact) mass is 1010 g/mol. The number of nitrogens with one attached hydrogen (secondary N) is 6. The number of carbonyl (C=O) groups is 8. The van der Waals surface area contributed by atoms with Crippen LogP contribution in [-0.2, 0) is 57.6 Å². The van der Waals surface area contributed by atoms with E-state index in [-0.39, 0.29) is 77.9 Å². The van der Waals surface area contributed by atoms with E-state index in [0.717, 1.165) is 38.1 Å². The van der Waals surface area contributed by atoms with Crippen molar-refractivity contribution in [2.75, 3.05) is 7.05 Å². The fourth-order valence-electron chi connectivity index (χ4n) is 9.36. The summed E-state index contributed by atoms with van der Waals surface area (Å²) < 4.78 is 0. The van der Waals surface area contributed by atoms with Crippen LogP contribution in [0.1, 0.15) is 108 Å². The van der Waals surface area contributed by atoms with Crippen LogP contribution in [-0.4, -0.2) is 101 Å². The number of fused-ring (bicyclic) bond motifs is 3. The van der Waals surface area contributed by atoms with Crippen molar-refractivity contribution >= 4 is 58.3 Å². The SMILES string of the molecule is CC[C@H](C)[C@H](NC(=O)[C@H](CC(=O)[O-])NC(=O)[C@H](CC(C)C)NC(=O)[C@H](NC(C)=O)C1c2ccccc2CCc2ccccc21)C(=O)N(C)[C@H](C(=O)N[C@@H](Cc1c[nH]c2ccccc12)C(=O)[O-])[C@@H](C)CC.[Na+].[Na+]. The maximum Gasteiger partial charge on any atom is 1.00 e. The quantitative estimate of drug-likeness (QED) is 0.0392. The van der Waals surface area contributed by atoms with E-state index >= 15 is 0 Å². The van der Waals surface area contributed by atoms with Gasteiger partial charge in [0, 0.05) is 55.8 Å². The smallest absolute Gasteiger partial charge is 0.550 e. The van der Waals surface area contributed by atoms with Crippen molar-refractivity contribution in [2.45, 2.75) is 136 Å². The molecule has 1 aromatic heterocycles. The second kappa shape index (κ2) is 28.4. The van der Waals surface area contributed by atoms with E-state index in [9.17, 15) is 48.6 Å². The third-order valence-corrected chi connectivity index (χ3v) is 13.5. The van der Waals surface area contributed by atoms with Gasteiger partial charge in [-0.05, 0) is 70.9 Å². The molecule has 0 saturated heterocycles. The summed E-state index contributed by atoms with van der Waals surface area (Å²) >= 11 is 0. The number of amides is 6. The molecule has 4 aromatic rings. The van der Waals surface area contributed by atoms with Crippen LogP contribution in [0.3, 0.4) is 0 Å². The third-order valence-electron chi connectivity index (χ3n) is 13.5. The molecule has 1 aliphatic carbocycles. The Morgan fingerprint density at radius 1 is 0.667 bits per heavy atom. The molecule has 19 heteroatoms. The fourth-order valence-corrected chi connectivity index (χ4v) is 9.36. The number of aromatic nitrogens is 1. The summed E-state index contributed by atoms with van der Waals surface area (Å²) in [5.41, 5.74) is 5.09. The van der Waals surface area contributed by atoms with Crippen molar-refractivity contribution in [2.24, 2.45) is 17.8 Å². The van der Waals surface area contributed by atoms with Crippen LogP contribution in [0.5, 0.6) is 0 Å². The van der Waals surface area contributed by atoms with Gasteiger partial charge < -0.3 is 56.3 Å². The number of nitrogens with zero attached hydrogens (tertiary/aromatic N) is 1. The zero-order valence-corrected chi connectivity index (χ0v) is 47.3. The number of aliphatic carboxylic acids is 2. The van der Waals surface area contributed by atoms with Crippen LogP contribution in [0.15, 0.2) is 79.0 Å². The topological polar surface area (TPSA) is 262 Å². The van der Waals surface area contributed by atoms with E-state index in [1.807, 2.05) is 80.6 Å². The van der Waals surface area contributed by atoms with Gasteiger partial charge >= 0.3 is 59.1 Å². The maximum atomic E-state index is 14.6. The molecule has 0 saturated carbocycles. The van der Waals surface area contributed by atoms with Gasteiger partial charge in [-0.2, -0.15) is 0 Å². The minimum Gasteiger partial charge on any atom is -0.550 e. The average molecular weight is 1010 g/mol. The molecule has 3 aromatic carbocycles. The zero-order chi connectivity index (χ0) is 51.4. The predicted octanol–water partition coefficient (Wildman–Crippen LogP) is -4.05. The Morgan fingerprint density at radius 3 is 1.74 bits per heavy atom. The first-order valence-electron chi connectivity index (χ1n) is 24.1. The van der Waals surface area contributed by atoms with Gasteiger partial charge in [0.1, 0.15) is 30.2 Å². The number of rotatable bonds is 23. The second-order valence-corrected chi connectivity index (χ2v) is 19.0. The summed E-state index contributed by atoms with van der Waals surface area (Å²) in [5.74, 6) is -9.72. The van der Waals surface area contributed by atoms with Gasteiger partial charge in [0.2, 0.25) is 35.4 Å². The molecule has 0 spiro atoms. The maximum absolute atomic E-state index is 14.6. The van der Waals surface area contributed by atoms with E-state index in [2.05, 4.69) is 31.6 Å². The molecule has 0 bridgehead atoms. The Bertz CT molecular complexity index is 2500. The van der Waals surface area contributed by atoms with Crippen LogP contribution in [0.4, 0.5) is 0 Å². The molecule has 6 amide bonds. The van der Waals surface area contributed by atoms with Crippen LogP contribution in [0.2, 0.25) is 0 Å². The molecule has 6 N–H and O–H groups in total. The number of carboxylic acids is 2. The van der Waals surface area contributed by atoms with E-state index in [1.54, 1.807) is 40.0 Å². The summed E-state index contributed by atoms with van der Waals surface area (Å²) in [7, 11) is 1.37. The summed E-state index contributed by atoms with van der Waals surface area (Å²) in [6, 6.07) is 14.3. The predicted molar refractivity (Wildman–Crippen MR) is 259 cm³/mol. The number of hydrogen-bond acceptors (Lipinski definition) is 10. The molecule has 0 aliphatic heterocycles. The van der Waals surface area contributed by atoms with Gasteiger partial charge in [-0.15, -0.1) is 0 Å². The van der Waals surface area contributed by atoms with Crippen molar-refractivity contribution in [1.29, 1.82) is 0 Å². The Morgan fingerprint density at radius 2 is 1.19 bits per heavy atom. The molecule has 72 heavy (non-hydrogen) atoms. The molecule has 0 unspecified atom stereocenters. The molecule has 8 atom stereocenters. The van der Waals surface area contributed by atoms with Crippen LogP contribution >= 0.6 is 0 Å². The van der Waals surface area contributed by atoms with Crippen molar-refractivity contribution in [3.05, 3.63) is 107 Å². The molecule has 0 radical (unpaired) electrons. The van der Waals surface area contributed by atoms with Gasteiger partial charge in [0.25, 0.3) is 0 Å². The van der Waals surface area contributed by atoms with Gasteiger partial charge in [-0.1, -0.05) is 121 Å². The van der Waals surface area contributed by atoms with Crippen molar-refractivity contribution in [3.63, 3.8) is 0 Å². The number of para-hydroxylation sites is 1. The first-order chi connectivity index (χ1) is 33.2. The van der Waals surface area contributed by atoms with E-state index < -0.39 is 108 Å². The Balaban J connectivity index is 0.00000684. The number of carboxylic acid groups (broad SMARTS) is 2. The summed E-state index contributed by atoms with van der Waals surface area (Å²) in [6.07, 6.45) is 2.74. The Labute approximate surface area is 466 Å². The molecule has 0 fully saturated rings. The first-order valence-corrected chi connectivity index (χ1v) is 24.1. The fraction of sp³-hybridized carbons (Fsp3) is 0.472. The number of aromatic amines is 1. The molecule has 5 rings (SSSR count). The van der Waals surface area contributed by atoms with Crippen LogP contribution in [0.25, 0.3) is 10.9 Å². The van der Waals surface area contributed by atoms with E-state index in [0.29, 0.717) is 31.2 Å². The number of hydrogen-bond donors (Lipinski definition) is 6. The number of H-pyrrole nitrogens is 1. The molecular formula is C53H67N7Na2O10. The molecule has 1 aliphatic rings. The van der Waals surface area contributed by atoms with Gasteiger partial charge in [-0.25, -0.2) is 0 Å². The van der Waals surface area contributed by atoms with Crippen molar-refractivity contribution < 1.29 is 108 Å². The summed E-state index contributed by atoms with van der Waals surface area (Å²) in [6.45, 7) is 11.9. The largest absolute Gasteiger partial charge is 1.00 e. The third kappa shape index (κ3) is 15.7. The second-order valence-electron chi connectivity index (χ2n) is 19.0. The Hall–Kier alpha value is -5.04. The molecule has 17 nitrogen and oxygen atoms in total. The average Bonchev–Trinajstić information content (AvgIpc) is 3.65. The van der Waals surface area contributed by atoms with Crippen molar-refractivity contribution in [3.8, 4) is 0 Å². The summed E-state index contributed by atoms with van der Waals surface area (Å²) in [5, 5.41) is 38.7. The standard InChI is InChI=1S/C53H69N7O10.2Na/c1-9-30(5)45(52(68)60(8)47(31(6)10-2)51(67)58-42(53(69)70)26-35-28-54-39-22-16-15-19-36(35)39)59-49(65)41(27-43(62)63)56-48(64)40(25-29(3)4)57-50(66)46(55-32(7)61)44-37-20-13-11-17-33(37)23-24-34-18-12-14-21-38(34)44;;/h11-22,28-31,40-42,44-47,54H,9-10,23-27H2,1-8H3,(H,55,61)(H,56,64)(H,57,66)(H,58,67)(H,59,65)(H,62,63)(H,69,70);;/q;2*+1/p-2/t30-,31-,40-,41-,42-,45-,46+,47-;;/m0../s1. The van der Waals surface area contributed by atoms with Crippen molar-refractivity contribution in [1.82, 2.24) is 36.5 Å². The molecule has 1 heterocycles. The first kappa shape index (κ1) is 61.3. The minimum absolute atomic E-state index is 0.